The summed E-state index contributed by atoms with van der Waals surface area (Å²) in [6.07, 6.45) is 0.0960. The van der Waals surface area contributed by atoms with Gasteiger partial charge in [-0.2, -0.15) is 0 Å². The molecule has 11 heteroatoms. The fraction of sp³-hybridized carbons (Fsp3) is 0.615. The van der Waals surface area contributed by atoms with E-state index in [0.29, 0.717) is 13.0 Å². The van der Waals surface area contributed by atoms with E-state index in [9.17, 15) is 9.59 Å². The van der Waals surface area contributed by atoms with Gasteiger partial charge in [0.2, 0.25) is 5.96 Å². The number of guanidine groups is 1. The lowest BCUT2D eigenvalue weighted by atomic mass is 9.81. The van der Waals surface area contributed by atoms with Crippen molar-refractivity contribution in [1.82, 2.24) is 9.80 Å². The lowest BCUT2D eigenvalue weighted by Crippen LogP contribution is -2.69. The first kappa shape index (κ1) is 39.8. The smallest absolute Gasteiger partial charge is 0.437 e. The summed E-state index contributed by atoms with van der Waals surface area (Å²) in [5.74, 6) is 0.276. The summed E-state index contributed by atoms with van der Waals surface area (Å²) in [4.78, 5) is 35.9. The number of carbonyl (C=O) groups excluding carboxylic acids is 2. The van der Waals surface area contributed by atoms with E-state index in [1.54, 1.807) is 4.90 Å². The second-order valence-electron chi connectivity index (χ2n) is 17.2. The lowest BCUT2D eigenvalue weighted by molar-refractivity contribution is -0.0433. The van der Waals surface area contributed by atoms with Crippen molar-refractivity contribution in [2.75, 3.05) is 6.61 Å². The van der Waals surface area contributed by atoms with Crippen LogP contribution < -0.4 is 0 Å². The summed E-state index contributed by atoms with van der Waals surface area (Å²) < 4.78 is 25.7. The fourth-order valence-corrected chi connectivity index (χ4v) is 8.60. The molecule has 276 valence electrons. The zero-order valence-electron chi connectivity index (χ0n) is 32.5. The molecule has 0 unspecified atom stereocenters. The largest absolute Gasteiger partial charge is 0.444 e. The number of aliphatic imine (C=N–C) groups is 1. The Balaban J connectivity index is 1.75. The average molecular weight is 724 g/mol. The van der Waals surface area contributed by atoms with Gasteiger partial charge in [0.15, 0.2) is 16.6 Å². The second-order valence-corrected chi connectivity index (χ2v) is 26.7. The molecule has 2 amide bonds. The molecule has 0 aromatic heterocycles. The SMILES string of the molecule is C[C@H]1[C@@H](O[Si](C)(C)C(C)(C)C)C[C@@H]2C[C@@H](C)N(C(=O)OCc3ccccc3)/C(=N\C(=O)OCc3ccccc3)N2[C@@H]1CO[Si](C)(C)C(C)(C)C. The summed E-state index contributed by atoms with van der Waals surface area (Å²) in [5, 5.41) is 0.0501. The summed E-state index contributed by atoms with van der Waals surface area (Å²) in [6.45, 7) is 27.4. The van der Waals surface area contributed by atoms with Crippen molar-refractivity contribution in [1.29, 1.82) is 0 Å². The van der Waals surface area contributed by atoms with Crippen molar-refractivity contribution in [2.45, 2.75) is 142 Å². The molecule has 50 heavy (non-hydrogen) atoms. The predicted molar refractivity (Wildman–Crippen MR) is 205 cm³/mol. The number of benzene rings is 2. The highest BCUT2D eigenvalue weighted by Gasteiger charge is 2.52. The number of fused-ring (bicyclic) bond motifs is 1. The first-order chi connectivity index (χ1) is 23.2. The van der Waals surface area contributed by atoms with Crippen LogP contribution in [0.1, 0.15) is 79.4 Å². The summed E-state index contributed by atoms with van der Waals surface area (Å²) in [6, 6.07) is 18.6. The van der Waals surface area contributed by atoms with Gasteiger partial charge in [-0.1, -0.05) is 109 Å². The maximum Gasteiger partial charge on any atom is 0.437 e. The summed E-state index contributed by atoms with van der Waals surface area (Å²) in [7, 11) is -4.30. The molecule has 5 atom stereocenters. The highest BCUT2D eigenvalue weighted by Crippen LogP contribution is 2.44. The van der Waals surface area contributed by atoms with E-state index in [1.165, 1.54) is 0 Å². The molecule has 0 bridgehead atoms. The normalized spacial score (nSPS) is 24.2. The molecule has 2 aliphatic heterocycles. The van der Waals surface area contributed by atoms with Crippen LogP contribution in [0, 0.1) is 5.92 Å². The standard InChI is InChI=1S/C39H61N3O6Si2/c1-28-23-32-24-34(48-50(11,12)39(6,7)8)29(2)33(27-47-49(9,10)38(3,4)5)42(32)35(40-36(43)45-25-30-19-15-13-16-20-30)41(28)37(44)46-26-31-21-17-14-18-22-31/h13-22,28-29,32-34H,23-27H2,1-12H3/b40-35+/t28-,29-,32+,33-,34+/m1/s1. The van der Waals surface area contributed by atoms with Gasteiger partial charge in [-0.05, 0) is 67.2 Å². The van der Waals surface area contributed by atoms with E-state index >= 15 is 0 Å². The predicted octanol–water partition coefficient (Wildman–Crippen LogP) is 9.60. The van der Waals surface area contributed by atoms with Gasteiger partial charge in [-0.3, -0.25) is 0 Å². The molecule has 0 spiro atoms. The van der Waals surface area contributed by atoms with Crippen molar-refractivity contribution in [3.8, 4) is 0 Å². The molecule has 0 radical (unpaired) electrons. The number of amides is 2. The van der Waals surface area contributed by atoms with Crippen LogP contribution in [-0.2, 0) is 31.5 Å². The lowest BCUT2D eigenvalue weighted by Gasteiger charge is -2.57. The quantitative estimate of drug-likeness (QED) is 0.238. The van der Waals surface area contributed by atoms with Crippen LogP contribution in [0.3, 0.4) is 0 Å². The molecular formula is C39H61N3O6Si2. The van der Waals surface area contributed by atoms with E-state index in [4.69, 9.17) is 18.3 Å². The molecule has 2 saturated heterocycles. The summed E-state index contributed by atoms with van der Waals surface area (Å²) in [5.41, 5.74) is 1.73. The van der Waals surface area contributed by atoms with Gasteiger partial charge in [-0.25, -0.2) is 14.5 Å². The van der Waals surface area contributed by atoms with Crippen LogP contribution in [0.15, 0.2) is 65.7 Å². The number of ether oxygens (including phenoxy) is 2. The van der Waals surface area contributed by atoms with E-state index in [0.717, 1.165) is 17.5 Å². The molecule has 0 N–H and O–H groups in total. The fourth-order valence-electron chi connectivity index (χ4n) is 6.16. The van der Waals surface area contributed by atoms with Crippen molar-refractivity contribution < 1.29 is 27.9 Å². The number of nitrogens with zero attached hydrogens (tertiary/aromatic N) is 3. The number of hydrogen-bond donors (Lipinski definition) is 0. The van der Waals surface area contributed by atoms with Crippen molar-refractivity contribution >= 4 is 34.8 Å². The highest BCUT2D eigenvalue weighted by molar-refractivity contribution is 6.74. The van der Waals surface area contributed by atoms with Crippen molar-refractivity contribution in [2.24, 2.45) is 10.9 Å². The molecule has 0 aliphatic carbocycles. The van der Waals surface area contributed by atoms with Crippen LogP contribution >= 0.6 is 0 Å². The Morgan fingerprint density at radius 2 is 1.30 bits per heavy atom. The van der Waals surface area contributed by atoms with Gasteiger partial charge in [0.1, 0.15) is 13.2 Å². The van der Waals surface area contributed by atoms with E-state index in [2.05, 4.69) is 84.5 Å². The van der Waals surface area contributed by atoms with Crippen LogP contribution in [0.4, 0.5) is 9.59 Å². The van der Waals surface area contributed by atoms with Gasteiger partial charge in [0, 0.05) is 18.0 Å². The first-order valence-electron chi connectivity index (χ1n) is 18.1. The average Bonchev–Trinajstić information content (AvgIpc) is 3.02. The highest BCUT2D eigenvalue weighted by atomic mass is 28.4. The third-order valence-electron chi connectivity index (χ3n) is 11.4. The third kappa shape index (κ3) is 9.45. The molecule has 2 fully saturated rings. The zero-order chi connectivity index (χ0) is 37.1. The Bertz CT molecular complexity index is 1470. The topological polar surface area (TPSA) is 89.9 Å². The molecule has 0 saturated carbocycles. The molecule has 2 aliphatic rings. The molecule has 2 heterocycles. The Labute approximate surface area is 303 Å². The minimum Gasteiger partial charge on any atom is -0.444 e. The maximum atomic E-state index is 14.0. The molecule has 2 aromatic rings. The molecule has 9 nitrogen and oxygen atoms in total. The monoisotopic (exact) mass is 723 g/mol. The van der Waals surface area contributed by atoms with E-state index in [1.807, 2.05) is 67.6 Å². The van der Waals surface area contributed by atoms with Crippen molar-refractivity contribution in [3.05, 3.63) is 71.8 Å². The Morgan fingerprint density at radius 3 is 1.82 bits per heavy atom. The minimum absolute atomic E-state index is 0.00318. The van der Waals surface area contributed by atoms with E-state index in [-0.39, 0.29) is 59.4 Å². The van der Waals surface area contributed by atoms with Gasteiger partial charge in [-0.15, -0.1) is 4.99 Å². The Morgan fingerprint density at radius 1 is 0.780 bits per heavy atom. The number of piperidine rings is 1. The zero-order valence-corrected chi connectivity index (χ0v) is 34.5. The molecular weight excluding hydrogens is 663 g/mol. The number of carbonyl (C=O) groups is 2. The first-order valence-corrected chi connectivity index (χ1v) is 23.9. The maximum absolute atomic E-state index is 14.0. The molecule has 2 aromatic carbocycles. The van der Waals surface area contributed by atoms with Crippen LogP contribution in [0.2, 0.25) is 36.3 Å². The van der Waals surface area contributed by atoms with Crippen molar-refractivity contribution in [3.63, 3.8) is 0 Å². The van der Waals surface area contributed by atoms with Crippen LogP contribution in [-0.4, -0.2) is 75.4 Å². The van der Waals surface area contributed by atoms with Gasteiger partial charge >= 0.3 is 12.2 Å². The Kier molecular flexibility index (Phi) is 12.5. The molecule has 4 rings (SSSR count). The van der Waals surface area contributed by atoms with Gasteiger partial charge in [0.25, 0.3) is 0 Å². The van der Waals surface area contributed by atoms with Crippen LogP contribution in [0.5, 0.6) is 0 Å². The second kappa shape index (κ2) is 15.7. The number of hydrogen-bond acceptors (Lipinski definition) is 6. The third-order valence-corrected chi connectivity index (χ3v) is 20.4. The van der Waals surface area contributed by atoms with E-state index < -0.39 is 28.8 Å². The summed E-state index contributed by atoms with van der Waals surface area (Å²) >= 11 is 0. The van der Waals surface area contributed by atoms with Crippen LogP contribution in [0.25, 0.3) is 0 Å². The van der Waals surface area contributed by atoms with Gasteiger partial charge in [0.05, 0.1) is 18.8 Å². The van der Waals surface area contributed by atoms with Gasteiger partial charge < -0.3 is 23.2 Å². The number of rotatable bonds is 9. The Hall–Kier alpha value is -3.00. The minimum atomic E-state index is -2.18.